The fraction of sp³-hybridized carbons (Fsp3) is 0.182. The SMILES string of the molecule is COc1ccc2c(=O)c(CO)coc2c1. The monoisotopic (exact) mass is 206 g/mol. The van der Waals surface area contributed by atoms with Gasteiger partial charge in [-0.05, 0) is 12.1 Å². The Balaban J connectivity index is 2.74. The van der Waals surface area contributed by atoms with Gasteiger partial charge in [0, 0.05) is 6.07 Å². The maximum atomic E-state index is 11.7. The number of benzene rings is 1. The number of fused-ring (bicyclic) bond motifs is 1. The van der Waals surface area contributed by atoms with Crippen LogP contribution >= 0.6 is 0 Å². The van der Waals surface area contributed by atoms with E-state index in [0.717, 1.165) is 0 Å². The zero-order valence-electron chi connectivity index (χ0n) is 8.19. The molecule has 15 heavy (non-hydrogen) atoms. The molecule has 78 valence electrons. The van der Waals surface area contributed by atoms with Crippen LogP contribution in [-0.4, -0.2) is 12.2 Å². The van der Waals surface area contributed by atoms with Crippen LogP contribution in [0.5, 0.6) is 5.75 Å². The van der Waals surface area contributed by atoms with Crippen LogP contribution in [0.2, 0.25) is 0 Å². The Morgan fingerprint density at radius 3 is 2.93 bits per heavy atom. The first kappa shape index (κ1) is 9.73. The molecule has 0 aliphatic heterocycles. The number of rotatable bonds is 2. The van der Waals surface area contributed by atoms with Gasteiger partial charge in [-0.3, -0.25) is 4.79 Å². The number of ether oxygens (including phenoxy) is 1. The summed E-state index contributed by atoms with van der Waals surface area (Å²) >= 11 is 0. The van der Waals surface area contributed by atoms with Crippen molar-refractivity contribution in [1.29, 1.82) is 0 Å². The van der Waals surface area contributed by atoms with E-state index in [2.05, 4.69) is 0 Å². The van der Waals surface area contributed by atoms with E-state index in [0.29, 0.717) is 16.7 Å². The predicted molar refractivity (Wildman–Crippen MR) is 55.0 cm³/mol. The third-order valence-electron chi connectivity index (χ3n) is 2.22. The number of aliphatic hydroxyl groups excluding tert-OH is 1. The number of methoxy groups -OCH3 is 1. The second-order valence-corrected chi connectivity index (χ2v) is 3.11. The highest BCUT2D eigenvalue weighted by Crippen LogP contribution is 2.18. The molecule has 0 amide bonds. The standard InChI is InChI=1S/C11H10O4/c1-14-8-2-3-9-10(4-8)15-6-7(5-12)11(9)13/h2-4,6,12H,5H2,1H3. The molecule has 0 unspecified atom stereocenters. The van der Waals surface area contributed by atoms with Crippen LogP contribution in [0.1, 0.15) is 5.56 Å². The highest BCUT2D eigenvalue weighted by atomic mass is 16.5. The van der Waals surface area contributed by atoms with Gasteiger partial charge < -0.3 is 14.3 Å². The lowest BCUT2D eigenvalue weighted by atomic mass is 10.2. The van der Waals surface area contributed by atoms with E-state index in [9.17, 15) is 4.79 Å². The second-order valence-electron chi connectivity index (χ2n) is 3.11. The minimum absolute atomic E-state index is 0.207. The Kier molecular flexibility index (Phi) is 2.43. The predicted octanol–water partition coefficient (Wildman–Crippen LogP) is 1.29. The van der Waals surface area contributed by atoms with Crippen molar-refractivity contribution < 1.29 is 14.3 Å². The highest BCUT2D eigenvalue weighted by molar-refractivity contribution is 5.78. The molecule has 0 atom stereocenters. The van der Waals surface area contributed by atoms with Crippen molar-refractivity contribution in [3.8, 4) is 5.75 Å². The summed E-state index contributed by atoms with van der Waals surface area (Å²) in [5, 5.41) is 9.34. The van der Waals surface area contributed by atoms with Gasteiger partial charge in [0.2, 0.25) is 0 Å². The first-order valence-electron chi connectivity index (χ1n) is 4.45. The Bertz CT molecular complexity index is 542. The fourth-order valence-electron chi connectivity index (χ4n) is 1.38. The first-order chi connectivity index (χ1) is 7.26. The summed E-state index contributed by atoms with van der Waals surface area (Å²) in [7, 11) is 1.54. The van der Waals surface area contributed by atoms with Crippen LogP contribution in [-0.2, 0) is 6.61 Å². The summed E-state index contributed by atoms with van der Waals surface area (Å²) in [6.07, 6.45) is 1.27. The van der Waals surface area contributed by atoms with Crippen LogP contribution < -0.4 is 10.2 Å². The third-order valence-corrected chi connectivity index (χ3v) is 2.22. The lowest BCUT2D eigenvalue weighted by molar-refractivity contribution is 0.277. The van der Waals surface area contributed by atoms with Gasteiger partial charge in [0.1, 0.15) is 17.6 Å². The minimum Gasteiger partial charge on any atom is -0.497 e. The Morgan fingerprint density at radius 2 is 2.27 bits per heavy atom. The highest BCUT2D eigenvalue weighted by Gasteiger charge is 2.06. The Hall–Kier alpha value is -1.81. The number of hydrogen-bond acceptors (Lipinski definition) is 4. The van der Waals surface area contributed by atoms with Gasteiger partial charge in [0.15, 0.2) is 5.43 Å². The van der Waals surface area contributed by atoms with Gasteiger partial charge in [-0.2, -0.15) is 0 Å². The lowest BCUT2D eigenvalue weighted by Crippen LogP contribution is -2.08. The zero-order chi connectivity index (χ0) is 10.8. The molecule has 1 N–H and O–H groups in total. The van der Waals surface area contributed by atoms with E-state index in [1.54, 1.807) is 25.3 Å². The summed E-state index contributed by atoms with van der Waals surface area (Å²) < 4.78 is 10.2. The minimum atomic E-state index is -0.315. The molecule has 0 aliphatic rings. The van der Waals surface area contributed by atoms with Gasteiger partial charge in [-0.1, -0.05) is 0 Å². The molecule has 0 radical (unpaired) electrons. The molecule has 2 rings (SSSR count). The van der Waals surface area contributed by atoms with Crippen molar-refractivity contribution in [3.63, 3.8) is 0 Å². The zero-order valence-corrected chi connectivity index (χ0v) is 8.19. The molecular formula is C11H10O4. The van der Waals surface area contributed by atoms with E-state index >= 15 is 0 Å². The van der Waals surface area contributed by atoms with E-state index in [1.807, 2.05) is 0 Å². The smallest absolute Gasteiger partial charge is 0.198 e. The molecule has 0 saturated carbocycles. The molecule has 4 heteroatoms. The van der Waals surface area contributed by atoms with Crippen molar-refractivity contribution in [3.05, 3.63) is 40.2 Å². The molecule has 1 aromatic carbocycles. The molecule has 1 heterocycles. The second kappa shape index (κ2) is 3.74. The molecule has 1 aromatic heterocycles. The van der Waals surface area contributed by atoms with Crippen LogP contribution in [0.25, 0.3) is 11.0 Å². The molecule has 4 nitrogen and oxygen atoms in total. The van der Waals surface area contributed by atoms with Crippen molar-refractivity contribution in [1.82, 2.24) is 0 Å². The van der Waals surface area contributed by atoms with Crippen molar-refractivity contribution in [2.45, 2.75) is 6.61 Å². The average Bonchev–Trinajstić information content (AvgIpc) is 2.29. The molecule has 0 spiro atoms. The summed E-state index contributed by atoms with van der Waals surface area (Å²) in [5.74, 6) is 0.627. The van der Waals surface area contributed by atoms with Gasteiger partial charge in [-0.25, -0.2) is 0 Å². The molecule has 0 aliphatic carbocycles. The van der Waals surface area contributed by atoms with Gasteiger partial charge in [0.05, 0.1) is 24.7 Å². The Labute approximate surface area is 85.7 Å². The first-order valence-corrected chi connectivity index (χ1v) is 4.45. The normalized spacial score (nSPS) is 10.5. The van der Waals surface area contributed by atoms with Crippen LogP contribution in [0.3, 0.4) is 0 Å². The summed E-state index contributed by atoms with van der Waals surface area (Å²) in [6, 6.07) is 4.94. The van der Waals surface area contributed by atoms with E-state index in [1.165, 1.54) is 6.26 Å². The van der Waals surface area contributed by atoms with Crippen LogP contribution in [0.15, 0.2) is 33.7 Å². The fourth-order valence-corrected chi connectivity index (χ4v) is 1.38. The maximum Gasteiger partial charge on any atom is 0.198 e. The van der Waals surface area contributed by atoms with E-state index in [4.69, 9.17) is 14.3 Å². The molecule has 0 bridgehead atoms. The third kappa shape index (κ3) is 1.59. The molecule has 0 fully saturated rings. The average molecular weight is 206 g/mol. The summed E-state index contributed by atoms with van der Waals surface area (Å²) in [5.41, 5.74) is 0.505. The maximum absolute atomic E-state index is 11.7. The van der Waals surface area contributed by atoms with Crippen molar-refractivity contribution >= 4 is 11.0 Å². The topological polar surface area (TPSA) is 59.7 Å². The van der Waals surface area contributed by atoms with Crippen LogP contribution in [0, 0.1) is 0 Å². The van der Waals surface area contributed by atoms with Gasteiger partial charge >= 0.3 is 0 Å². The lowest BCUT2D eigenvalue weighted by Gasteiger charge is -2.02. The van der Waals surface area contributed by atoms with Crippen molar-refractivity contribution in [2.75, 3.05) is 7.11 Å². The molecular weight excluding hydrogens is 196 g/mol. The summed E-state index contributed by atoms with van der Waals surface area (Å²) in [4.78, 5) is 11.7. The Morgan fingerprint density at radius 1 is 1.47 bits per heavy atom. The summed E-state index contributed by atoms with van der Waals surface area (Å²) in [6.45, 7) is -0.315. The quantitative estimate of drug-likeness (QED) is 0.804. The van der Waals surface area contributed by atoms with Crippen molar-refractivity contribution in [2.24, 2.45) is 0 Å². The van der Waals surface area contributed by atoms with Gasteiger partial charge in [-0.15, -0.1) is 0 Å². The van der Waals surface area contributed by atoms with Gasteiger partial charge in [0.25, 0.3) is 0 Å². The van der Waals surface area contributed by atoms with Crippen LogP contribution in [0.4, 0.5) is 0 Å². The molecule has 0 saturated heterocycles. The number of hydrogen-bond donors (Lipinski definition) is 1. The van der Waals surface area contributed by atoms with E-state index < -0.39 is 0 Å². The van der Waals surface area contributed by atoms with E-state index in [-0.39, 0.29) is 17.6 Å². The molecule has 2 aromatic rings. The number of aliphatic hydroxyl groups is 1. The largest absolute Gasteiger partial charge is 0.497 e.